The van der Waals surface area contributed by atoms with Crippen LogP contribution in [0, 0.1) is 6.92 Å². The molecule has 0 radical (unpaired) electrons. The van der Waals surface area contributed by atoms with Gasteiger partial charge in [-0.2, -0.15) is 0 Å². The van der Waals surface area contributed by atoms with Crippen LogP contribution in [0.1, 0.15) is 16.0 Å². The van der Waals surface area contributed by atoms with E-state index in [1.165, 1.54) is 16.0 Å². The van der Waals surface area contributed by atoms with Gasteiger partial charge in [0.1, 0.15) is 0 Å². The molecule has 1 fully saturated rings. The van der Waals surface area contributed by atoms with Gasteiger partial charge in [-0.15, -0.1) is 11.3 Å². The number of hydrogen-bond donors (Lipinski definition) is 1. The van der Waals surface area contributed by atoms with Gasteiger partial charge in [0.15, 0.2) is 0 Å². The second-order valence-corrected chi connectivity index (χ2v) is 7.69. The second kappa shape index (κ2) is 9.13. The number of rotatable bonds is 7. The summed E-state index contributed by atoms with van der Waals surface area (Å²) in [7, 11) is 0. The zero-order valence-corrected chi connectivity index (χ0v) is 15.7. The molecule has 1 aromatic heterocycles. The van der Waals surface area contributed by atoms with E-state index in [0.717, 1.165) is 39.1 Å². The minimum absolute atomic E-state index is 0.139. The topological polar surface area (TPSA) is 35.6 Å². The van der Waals surface area contributed by atoms with Gasteiger partial charge in [0.2, 0.25) is 5.91 Å². The highest BCUT2D eigenvalue weighted by Gasteiger charge is 2.19. The molecule has 1 amide bonds. The standard InChI is InChI=1S/C20H27N3OS/c1-17-5-2-3-6-18(17)8-9-21-20(24)16-23-12-10-22(11-13-23)15-19-7-4-14-25-19/h2-7,14H,8-13,15-16H2,1H3,(H,21,24). The van der Waals surface area contributed by atoms with Crippen LogP contribution in [0.4, 0.5) is 0 Å². The molecule has 4 nitrogen and oxygen atoms in total. The van der Waals surface area contributed by atoms with Crippen molar-refractivity contribution in [1.29, 1.82) is 0 Å². The third-order valence-electron chi connectivity index (χ3n) is 4.77. The van der Waals surface area contributed by atoms with Gasteiger partial charge in [-0.05, 0) is 35.9 Å². The Kier molecular flexibility index (Phi) is 6.62. The number of amides is 1. The summed E-state index contributed by atoms with van der Waals surface area (Å²) >= 11 is 1.82. The lowest BCUT2D eigenvalue weighted by Gasteiger charge is -2.34. The minimum atomic E-state index is 0.139. The molecule has 0 spiro atoms. The Balaban J connectivity index is 1.33. The van der Waals surface area contributed by atoms with Crippen LogP contribution < -0.4 is 5.32 Å². The lowest BCUT2D eigenvalue weighted by Crippen LogP contribution is -2.49. The molecule has 0 bridgehead atoms. The minimum Gasteiger partial charge on any atom is -0.355 e. The Bertz CT molecular complexity index is 663. The predicted octanol–water partition coefficient (Wildman–Crippen LogP) is 2.53. The van der Waals surface area contributed by atoms with Gasteiger partial charge < -0.3 is 5.32 Å². The number of hydrogen-bond acceptors (Lipinski definition) is 4. The largest absolute Gasteiger partial charge is 0.355 e. The van der Waals surface area contributed by atoms with Crippen molar-refractivity contribution in [1.82, 2.24) is 15.1 Å². The quantitative estimate of drug-likeness (QED) is 0.827. The molecular weight excluding hydrogens is 330 g/mol. The SMILES string of the molecule is Cc1ccccc1CCNC(=O)CN1CCN(Cc2cccs2)CC1. The van der Waals surface area contributed by atoms with Gasteiger partial charge in [0, 0.05) is 44.1 Å². The first kappa shape index (κ1) is 18.1. The fraction of sp³-hybridized carbons (Fsp3) is 0.450. The first-order valence-corrected chi connectivity index (χ1v) is 9.87. The Morgan fingerprint density at radius 3 is 2.56 bits per heavy atom. The van der Waals surface area contributed by atoms with E-state index in [1.807, 2.05) is 11.3 Å². The van der Waals surface area contributed by atoms with Gasteiger partial charge in [0.25, 0.3) is 0 Å². The van der Waals surface area contributed by atoms with E-state index < -0.39 is 0 Å². The molecule has 0 unspecified atom stereocenters. The van der Waals surface area contributed by atoms with Crippen LogP contribution in [0.25, 0.3) is 0 Å². The zero-order valence-electron chi connectivity index (χ0n) is 14.9. The molecule has 25 heavy (non-hydrogen) atoms. The number of thiophene rings is 1. The van der Waals surface area contributed by atoms with Crippen LogP contribution in [-0.2, 0) is 17.8 Å². The summed E-state index contributed by atoms with van der Waals surface area (Å²) < 4.78 is 0. The van der Waals surface area contributed by atoms with Crippen LogP contribution >= 0.6 is 11.3 Å². The highest BCUT2D eigenvalue weighted by Crippen LogP contribution is 2.13. The lowest BCUT2D eigenvalue weighted by molar-refractivity contribution is -0.122. The zero-order chi connectivity index (χ0) is 17.5. The van der Waals surface area contributed by atoms with Crippen LogP contribution in [0.5, 0.6) is 0 Å². The van der Waals surface area contributed by atoms with E-state index in [4.69, 9.17) is 0 Å². The normalized spacial score (nSPS) is 16.0. The Labute approximate surface area is 154 Å². The van der Waals surface area contributed by atoms with Crippen molar-refractivity contribution >= 4 is 17.2 Å². The van der Waals surface area contributed by atoms with E-state index in [0.29, 0.717) is 13.1 Å². The maximum Gasteiger partial charge on any atom is 0.234 e. The smallest absolute Gasteiger partial charge is 0.234 e. The van der Waals surface area contributed by atoms with Crippen molar-refractivity contribution in [3.8, 4) is 0 Å². The summed E-state index contributed by atoms with van der Waals surface area (Å²) in [6, 6.07) is 12.7. The molecule has 0 atom stereocenters. The molecule has 134 valence electrons. The molecule has 1 saturated heterocycles. The van der Waals surface area contributed by atoms with E-state index in [9.17, 15) is 4.79 Å². The summed E-state index contributed by atoms with van der Waals surface area (Å²) in [5.41, 5.74) is 2.60. The molecule has 1 aromatic carbocycles. The van der Waals surface area contributed by atoms with Gasteiger partial charge in [0.05, 0.1) is 6.54 Å². The maximum atomic E-state index is 12.2. The number of piperazine rings is 1. The molecule has 2 heterocycles. The van der Waals surface area contributed by atoms with Crippen LogP contribution in [-0.4, -0.2) is 55.0 Å². The summed E-state index contributed by atoms with van der Waals surface area (Å²) in [5.74, 6) is 0.139. The highest BCUT2D eigenvalue weighted by atomic mass is 32.1. The highest BCUT2D eigenvalue weighted by molar-refractivity contribution is 7.09. The average molecular weight is 358 g/mol. The molecule has 1 aliphatic rings. The van der Waals surface area contributed by atoms with E-state index >= 15 is 0 Å². The molecule has 1 N–H and O–H groups in total. The number of carbonyl (C=O) groups excluding carboxylic acids is 1. The van der Waals surface area contributed by atoms with Crippen molar-refractivity contribution in [2.24, 2.45) is 0 Å². The molecule has 1 aliphatic heterocycles. The Morgan fingerprint density at radius 1 is 1.08 bits per heavy atom. The van der Waals surface area contributed by atoms with Gasteiger partial charge >= 0.3 is 0 Å². The molecule has 0 saturated carbocycles. The summed E-state index contributed by atoms with van der Waals surface area (Å²) in [6.07, 6.45) is 0.896. The number of benzene rings is 1. The van der Waals surface area contributed by atoms with Crippen molar-refractivity contribution in [3.05, 3.63) is 57.8 Å². The fourth-order valence-corrected chi connectivity index (χ4v) is 3.96. The third kappa shape index (κ3) is 5.66. The predicted molar refractivity (Wildman–Crippen MR) is 104 cm³/mol. The van der Waals surface area contributed by atoms with Crippen molar-refractivity contribution in [2.75, 3.05) is 39.3 Å². The van der Waals surface area contributed by atoms with Gasteiger partial charge in [-0.3, -0.25) is 14.6 Å². The second-order valence-electron chi connectivity index (χ2n) is 6.66. The number of nitrogens with one attached hydrogen (secondary N) is 1. The molecule has 0 aliphatic carbocycles. The van der Waals surface area contributed by atoms with E-state index in [1.54, 1.807) is 0 Å². The lowest BCUT2D eigenvalue weighted by atomic mass is 10.1. The van der Waals surface area contributed by atoms with Crippen LogP contribution in [0.3, 0.4) is 0 Å². The van der Waals surface area contributed by atoms with Crippen LogP contribution in [0.2, 0.25) is 0 Å². The van der Waals surface area contributed by atoms with Crippen molar-refractivity contribution in [2.45, 2.75) is 19.9 Å². The van der Waals surface area contributed by atoms with Crippen molar-refractivity contribution in [3.63, 3.8) is 0 Å². The summed E-state index contributed by atoms with van der Waals surface area (Å²) in [6.45, 7) is 8.39. The van der Waals surface area contributed by atoms with Gasteiger partial charge in [-0.25, -0.2) is 0 Å². The monoisotopic (exact) mass is 357 g/mol. The molecule has 2 aromatic rings. The van der Waals surface area contributed by atoms with E-state index in [-0.39, 0.29) is 5.91 Å². The summed E-state index contributed by atoms with van der Waals surface area (Å²) in [4.78, 5) is 18.3. The Morgan fingerprint density at radius 2 is 1.84 bits per heavy atom. The molecule has 5 heteroatoms. The Hall–Kier alpha value is -1.69. The maximum absolute atomic E-state index is 12.2. The first-order chi connectivity index (χ1) is 12.2. The summed E-state index contributed by atoms with van der Waals surface area (Å²) in [5, 5.41) is 5.19. The number of carbonyl (C=O) groups is 1. The van der Waals surface area contributed by atoms with Crippen molar-refractivity contribution < 1.29 is 4.79 Å². The van der Waals surface area contributed by atoms with Gasteiger partial charge in [-0.1, -0.05) is 30.3 Å². The third-order valence-corrected chi connectivity index (χ3v) is 5.63. The number of aryl methyl sites for hydroxylation is 1. The van der Waals surface area contributed by atoms with Crippen LogP contribution in [0.15, 0.2) is 41.8 Å². The number of nitrogens with zero attached hydrogens (tertiary/aromatic N) is 2. The fourth-order valence-electron chi connectivity index (χ4n) is 3.21. The molecular formula is C20H27N3OS. The first-order valence-electron chi connectivity index (χ1n) is 8.99. The average Bonchev–Trinajstić information content (AvgIpc) is 3.11. The van der Waals surface area contributed by atoms with E-state index in [2.05, 4.69) is 63.8 Å². The molecule has 3 rings (SSSR count).